The molecule has 0 fully saturated rings. The number of halogens is 3. The van der Waals surface area contributed by atoms with Crippen molar-refractivity contribution in [2.45, 2.75) is 6.18 Å². The molecular weight excluding hydrogens is 301 g/mol. The van der Waals surface area contributed by atoms with Crippen LogP contribution in [0.5, 0.6) is 0 Å². The number of nitrogens with one attached hydrogen (secondary N) is 1. The Morgan fingerprint density at radius 2 is 2.10 bits per heavy atom. The quantitative estimate of drug-likeness (QED) is 0.850. The number of allylic oxidation sites excluding steroid dienone is 1. The summed E-state index contributed by atoms with van der Waals surface area (Å²) in [6.45, 7) is 0.357. The SMILES string of the molecule is CN(C(=S)Nc1ccccc1C(F)(F)F)N1C=CC=NC1. The molecule has 1 aromatic rings. The van der Waals surface area contributed by atoms with Crippen molar-refractivity contribution in [3.63, 3.8) is 0 Å². The van der Waals surface area contributed by atoms with Crippen molar-refractivity contribution in [1.82, 2.24) is 10.0 Å². The normalized spacial score (nSPS) is 14.2. The third kappa shape index (κ3) is 3.72. The predicted octanol–water partition coefficient (Wildman–Crippen LogP) is 3.11. The Hall–Kier alpha value is -2.09. The molecule has 1 N–H and O–H groups in total. The first-order valence-electron chi connectivity index (χ1n) is 6.03. The molecule has 8 heteroatoms. The van der Waals surface area contributed by atoms with Gasteiger partial charge >= 0.3 is 6.18 Å². The highest BCUT2D eigenvalue weighted by atomic mass is 32.1. The zero-order valence-corrected chi connectivity index (χ0v) is 11.9. The van der Waals surface area contributed by atoms with Gasteiger partial charge in [0, 0.05) is 19.5 Å². The van der Waals surface area contributed by atoms with E-state index in [1.165, 1.54) is 23.2 Å². The average molecular weight is 314 g/mol. The van der Waals surface area contributed by atoms with E-state index in [4.69, 9.17) is 12.2 Å². The zero-order valence-electron chi connectivity index (χ0n) is 11.1. The highest BCUT2D eigenvalue weighted by Crippen LogP contribution is 2.34. The number of anilines is 1. The molecule has 1 heterocycles. The molecule has 0 amide bonds. The first-order chi connectivity index (χ1) is 9.89. The second kappa shape index (κ2) is 6.13. The van der Waals surface area contributed by atoms with Crippen LogP contribution in [0.25, 0.3) is 0 Å². The highest BCUT2D eigenvalue weighted by molar-refractivity contribution is 7.80. The van der Waals surface area contributed by atoms with Crippen LogP contribution < -0.4 is 5.32 Å². The van der Waals surface area contributed by atoms with E-state index in [0.717, 1.165) is 6.07 Å². The molecule has 0 aliphatic carbocycles. The van der Waals surface area contributed by atoms with Crippen LogP contribution in [0.1, 0.15) is 5.56 Å². The van der Waals surface area contributed by atoms with Crippen LogP contribution in [0, 0.1) is 0 Å². The van der Waals surface area contributed by atoms with Crippen molar-refractivity contribution in [3.8, 4) is 0 Å². The van der Waals surface area contributed by atoms with Crippen LogP contribution in [0.4, 0.5) is 18.9 Å². The summed E-state index contributed by atoms with van der Waals surface area (Å²) in [7, 11) is 1.65. The van der Waals surface area contributed by atoms with E-state index in [1.807, 2.05) is 0 Å². The average Bonchev–Trinajstić information content (AvgIpc) is 2.47. The second-order valence-electron chi connectivity index (χ2n) is 4.25. The first kappa shape index (κ1) is 15.3. The Bertz CT molecular complexity index is 583. The van der Waals surface area contributed by atoms with Crippen molar-refractivity contribution in [3.05, 3.63) is 42.1 Å². The molecule has 0 aromatic heterocycles. The lowest BCUT2D eigenvalue weighted by Gasteiger charge is -2.32. The van der Waals surface area contributed by atoms with Crippen LogP contribution in [-0.2, 0) is 6.18 Å². The van der Waals surface area contributed by atoms with Gasteiger partial charge in [-0.25, -0.2) is 0 Å². The summed E-state index contributed by atoms with van der Waals surface area (Å²) >= 11 is 5.14. The van der Waals surface area contributed by atoms with E-state index in [0.29, 0.717) is 6.67 Å². The van der Waals surface area contributed by atoms with Crippen molar-refractivity contribution in [1.29, 1.82) is 0 Å². The molecular formula is C13H13F3N4S. The van der Waals surface area contributed by atoms with Crippen LogP contribution in [0.2, 0.25) is 0 Å². The minimum absolute atomic E-state index is 0.0775. The van der Waals surface area contributed by atoms with E-state index in [2.05, 4.69) is 10.3 Å². The monoisotopic (exact) mass is 314 g/mol. The summed E-state index contributed by atoms with van der Waals surface area (Å²) in [6.07, 6.45) is 0.649. The van der Waals surface area contributed by atoms with Crippen LogP contribution in [-0.4, -0.2) is 35.1 Å². The number of alkyl halides is 3. The van der Waals surface area contributed by atoms with Crippen molar-refractivity contribution in [2.24, 2.45) is 4.99 Å². The molecule has 112 valence electrons. The van der Waals surface area contributed by atoms with Crippen LogP contribution in [0.15, 0.2) is 41.5 Å². The van der Waals surface area contributed by atoms with Crippen LogP contribution in [0.3, 0.4) is 0 Å². The first-order valence-corrected chi connectivity index (χ1v) is 6.44. The van der Waals surface area contributed by atoms with Gasteiger partial charge in [0.1, 0.15) is 6.67 Å². The number of thiocarbonyl (C=S) groups is 1. The number of rotatable bonds is 2. The minimum atomic E-state index is -4.44. The third-order valence-corrected chi connectivity index (χ3v) is 3.20. The van der Waals surface area contributed by atoms with Gasteiger partial charge in [-0.1, -0.05) is 12.1 Å². The molecule has 0 atom stereocenters. The molecule has 1 aliphatic heterocycles. The maximum Gasteiger partial charge on any atom is 0.418 e. The number of hydrogen-bond donors (Lipinski definition) is 1. The molecule has 2 rings (SSSR count). The molecule has 0 saturated carbocycles. The fraction of sp³-hybridized carbons (Fsp3) is 0.231. The largest absolute Gasteiger partial charge is 0.418 e. The fourth-order valence-corrected chi connectivity index (χ4v) is 1.94. The van der Waals surface area contributed by atoms with E-state index in [-0.39, 0.29) is 10.8 Å². The van der Waals surface area contributed by atoms with Gasteiger partial charge in [-0.15, -0.1) is 0 Å². The Kier molecular flexibility index (Phi) is 4.46. The number of aliphatic imine (C=N–C) groups is 1. The zero-order chi connectivity index (χ0) is 15.5. The van der Waals surface area contributed by atoms with Gasteiger partial charge in [0.05, 0.1) is 11.3 Å². The predicted molar refractivity (Wildman–Crippen MR) is 79.8 cm³/mol. The lowest BCUT2D eigenvalue weighted by atomic mass is 10.1. The molecule has 1 aromatic carbocycles. The topological polar surface area (TPSA) is 30.9 Å². The molecule has 1 aliphatic rings. The Morgan fingerprint density at radius 3 is 2.71 bits per heavy atom. The van der Waals surface area contributed by atoms with Gasteiger partial charge in [-0.3, -0.25) is 15.0 Å². The van der Waals surface area contributed by atoms with Gasteiger partial charge in [-0.05, 0) is 30.4 Å². The molecule has 0 saturated heterocycles. The van der Waals surface area contributed by atoms with Crippen molar-refractivity contribution < 1.29 is 13.2 Å². The number of hydrogen-bond acceptors (Lipinski definition) is 3. The Balaban J connectivity index is 2.13. The Morgan fingerprint density at radius 1 is 1.38 bits per heavy atom. The molecule has 0 bridgehead atoms. The molecule has 21 heavy (non-hydrogen) atoms. The van der Waals surface area contributed by atoms with Crippen molar-refractivity contribution >= 4 is 29.2 Å². The standard InChI is InChI=1S/C13H13F3N4S/c1-19(20-8-4-7-17-9-20)12(21)18-11-6-3-2-5-10(11)13(14,15)16/h2-8H,9H2,1H3,(H,18,21). The fourth-order valence-electron chi connectivity index (χ4n) is 1.72. The summed E-state index contributed by atoms with van der Waals surface area (Å²) in [5.74, 6) is 0. The van der Waals surface area contributed by atoms with E-state index in [9.17, 15) is 13.2 Å². The maximum atomic E-state index is 12.9. The lowest BCUT2D eigenvalue weighted by Crippen LogP contribution is -2.43. The number of nitrogens with zero attached hydrogens (tertiary/aromatic N) is 3. The molecule has 0 spiro atoms. The lowest BCUT2D eigenvalue weighted by molar-refractivity contribution is -0.136. The van der Waals surface area contributed by atoms with Crippen LogP contribution >= 0.6 is 12.2 Å². The minimum Gasteiger partial charge on any atom is -0.331 e. The summed E-state index contributed by atoms with van der Waals surface area (Å²) in [5, 5.41) is 5.97. The van der Waals surface area contributed by atoms with Gasteiger partial charge in [-0.2, -0.15) is 13.2 Å². The maximum absolute atomic E-state index is 12.9. The Labute approximate surface area is 125 Å². The van der Waals surface area contributed by atoms with Gasteiger partial charge in [0.15, 0.2) is 5.11 Å². The summed E-state index contributed by atoms with van der Waals surface area (Å²) in [6, 6.07) is 5.21. The van der Waals surface area contributed by atoms with Gasteiger partial charge in [0.25, 0.3) is 0 Å². The summed E-state index contributed by atoms with van der Waals surface area (Å²) in [5.41, 5.74) is -0.834. The number of para-hydroxylation sites is 1. The third-order valence-electron chi connectivity index (χ3n) is 2.83. The second-order valence-corrected chi connectivity index (χ2v) is 4.64. The smallest absolute Gasteiger partial charge is 0.331 e. The number of benzene rings is 1. The van der Waals surface area contributed by atoms with Gasteiger partial charge in [0.2, 0.25) is 0 Å². The molecule has 0 unspecified atom stereocenters. The van der Waals surface area contributed by atoms with E-state index < -0.39 is 11.7 Å². The molecule has 0 radical (unpaired) electrons. The highest BCUT2D eigenvalue weighted by Gasteiger charge is 2.33. The molecule has 4 nitrogen and oxygen atoms in total. The van der Waals surface area contributed by atoms with Gasteiger partial charge < -0.3 is 5.32 Å². The number of hydrazine groups is 1. The van der Waals surface area contributed by atoms with E-state index in [1.54, 1.807) is 30.5 Å². The summed E-state index contributed by atoms with van der Waals surface area (Å²) in [4.78, 5) is 4.03. The van der Waals surface area contributed by atoms with Crippen molar-refractivity contribution in [2.75, 3.05) is 19.0 Å². The van der Waals surface area contributed by atoms with E-state index >= 15 is 0 Å². The summed E-state index contributed by atoms with van der Waals surface area (Å²) < 4.78 is 38.8.